The van der Waals surface area contributed by atoms with E-state index in [1.54, 1.807) is 66.4 Å². The van der Waals surface area contributed by atoms with Crippen molar-refractivity contribution in [3.05, 3.63) is 415 Å². The molecule has 0 aliphatic heterocycles. The number of ether oxygens (including phenoxy) is 3. The summed E-state index contributed by atoms with van der Waals surface area (Å²) in [6.45, 7) is 22.8. The van der Waals surface area contributed by atoms with Crippen molar-refractivity contribution in [3.63, 3.8) is 0 Å². The molecule has 0 spiro atoms. The summed E-state index contributed by atoms with van der Waals surface area (Å²) in [6, 6.07) is 90.9. The molecule has 2 fully saturated rings. The monoisotopic (exact) mass is 2190 g/mol. The third-order valence-electron chi connectivity index (χ3n) is 21.5. The van der Waals surface area contributed by atoms with Crippen LogP contribution in [0.3, 0.4) is 0 Å². The zero-order chi connectivity index (χ0) is 105. The van der Waals surface area contributed by atoms with Crippen LogP contribution in [-0.4, -0.2) is 141 Å². The number of halogens is 3. The van der Waals surface area contributed by atoms with Gasteiger partial charge in [0.25, 0.3) is 0 Å². The van der Waals surface area contributed by atoms with Gasteiger partial charge in [0.1, 0.15) is 30.4 Å². The van der Waals surface area contributed by atoms with Gasteiger partial charge in [0.2, 0.25) is 43.4 Å². The molecule has 0 saturated heterocycles. The molecule has 0 bridgehead atoms. The molecule has 9 atom stereocenters. The number of carbonyl (C=O) groups excluding carboxylic acids is 2. The Balaban J connectivity index is -0.000000756. The van der Waals surface area contributed by atoms with Crippen LogP contribution in [0.2, 0.25) is 19.6 Å². The predicted octanol–water partition coefficient (Wildman–Crippen LogP) is 13.0. The zero-order valence-corrected chi connectivity index (χ0v) is 92.5. The summed E-state index contributed by atoms with van der Waals surface area (Å²) in [5.41, 5.74) is 11.3. The standard InChI is InChI=1S/C18H15P.C16H24N2O3.C16H21NO4.C11H15NO3.2C11H13NO2.C9H10O.C8H16O2Si.C3H8O.C2H5NO2.CH4I.CH4.ClH.Cu.FH.K/c1-4-10-16(11-5-1)19(17-12-6-2-7-13-17)18-14-8-3-9-15-18;1-16(18(19)20)13(10-14(17)11-15(16)21-2)9-8-12-6-4-3-5-7-12;1-16(17(19)20)13(10-14(18)11-15(16)21-2)9-8-12-6-4-3-5-7-12;1-9(12(14)15)11(13)8-7-10-5-3-2-4-6-10;2*1-10(12(13)14)6-5-9-11-7-3-2-4-8-11;10-8-4-7-9-5-2-1-3-6-9;1-8(6-7-9-2)10-11(3,4)5;1-3(2)4;1-2-3(4)5;1-2;;;;;/h1-15H;3-7,13-15H,8-11,17H2,1-2H3;3-7,13,15H,8-11H2,1-2H3;2-6,9,11,13H,7-8H2,1H3;2*2-4,6-8H,5,9H2,1H3;1-3,5-6,8H,4,7H2;6-7H,1H2,2-5H3;3-4H,1-2H3;2H2,1H3;2H,1H3;1H4;1H;;1H;/q;;;;;;;;;;-1;;;+1;;+1/p-2/b;;;;10-6+;;;7-6+;;;;;;;;/t;13-,14?,15+,16+;13-,15+,16+;;;;;;;;;;;;;/m.11............./s1/i;;;;;;;;;;2D;;;;;. The third kappa shape index (κ3) is 60.9. The van der Waals surface area contributed by atoms with Crippen LogP contribution < -0.4 is 100 Å². The van der Waals surface area contributed by atoms with Gasteiger partial charge >= 0.3 is 105 Å². The maximum Gasteiger partial charge on any atom is 1.00 e. The van der Waals surface area contributed by atoms with Crippen molar-refractivity contribution < 1.29 is 162 Å². The number of aldehydes is 1. The van der Waals surface area contributed by atoms with Gasteiger partial charge in [-0.3, -0.25) is 65.5 Å². The van der Waals surface area contributed by atoms with E-state index in [0.29, 0.717) is 44.3 Å². The van der Waals surface area contributed by atoms with Crippen LogP contribution in [0.1, 0.15) is 160 Å². The zero-order valence-electron chi connectivity index (χ0n) is 84.6. The summed E-state index contributed by atoms with van der Waals surface area (Å²) in [5.74, 6) is 0.366. The molecular formula is C107H148ClCuFIKN7O20PSi-. The molecule has 3 unspecified atom stereocenters. The molecule has 141 heavy (non-hydrogen) atoms. The topological polar surface area (TPSA) is 396 Å². The molecule has 2 aliphatic carbocycles. The summed E-state index contributed by atoms with van der Waals surface area (Å²) < 4.78 is 27.2. The fraction of sp³-hybridized carbons (Fsp3) is 0.402. The largest absolute Gasteiger partial charge is 1.00 e. The van der Waals surface area contributed by atoms with Crippen molar-refractivity contribution in [3.8, 4) is 0 Å². The second kappa shape index (κ2) is 82.2. The van der Waals surface area contributed by atoms with E-state index >= 15 is 0 Å². The Morgan fingerprint density at radius 2 is 0.837 bits per heavy atom. The number of ketones is 1. The Labute approximate surface area is 906 Å². The number of alkyl halides is 1. The van der Waals surface area contributed by atoms with Gasteiger partial charge in [-0.25, -0.2) is 0 Å². The van der Waals surface area contributed by atoms with Gasteiger partial charge in [-0.05, 0) is 186 Å². The van der Waals surface area contributed by atoms with Crippen LogP contribution in [0.15, 0.2) is 321 Å². The normalized spacial score (nSPS) is 16.8. The first-order valence-corrected chi connectivity index (χ1v) is 53.6. The second-order valence-electron chi connectivity index (χ2n) is 33.4. The van der Waals surface area contributed by atoms with Gasteiger partial charge in [-0.1, -0.05) is 287 Å². The molecule has 2 aliphatic rings. The number of aliphatic hydroxyl groups is 2. The SMILES string of the molecule is C.C/C(=C\CCc1ccccc1)[N+](=O)[O-].C=C(/C=C/OC)O[Si](C)(C)C.CC(=CCCc1ccccc1)[N+](=O)[O-].CC(C(O)CCc1ccccc1)[N+](=O)[O-].CC(C)O.CC[N+](=O)[O-].CO[C@H]1CC(=O)C[C@@H](CCc2ccccc2)[C@]1(C)[N+](=O)[O-].CO[C@H]1CC(N)C[C@@H](CCc2ccccc2)[C@]1(C)[N+](=O)[O-].O=CCCc1ccccc1.[2H][I-]C.[Cl][Cu].[F-].[K+].c1ccc(P(c2ccccc2)c2ccccc2)cc1. The number of carbonyl (C=O) groups is 2. The fourth-order valence-corrected chi connectivity index (χ4v) is 17.1. The van der Waals surface area contributed by atoms with Crippen LogP contribution in [-0.2, 0) is 81.9 Å². The molecule has 0 aromatic heterocycles. The van der Waals surface area contributed by atoms with Crippen molar-refractivity contribution in [2.45, 2.75) is 233 Å². The minimum atomic E-state index is -1.48. The van der Waals surface area contributed by atoms with Gasteiger partial charge in [-0.2, -0.15) is 0 Å². The molecule has 0 amide bonds. The van der Waals surface area contributed by atoms with Crippen LogP contribution in [0.25, 0.3) is 0 Å². The first-order valence-electron chi connectivity index (χ1n) is 45.7. The fourth-order valence-electron chi connectivity index (χ4n) is 14.0. The Morgan fingerprint density at radius 1 is 0.546 bits per heavy atom. The Hall–Kier alpha value is -9.17. The van der Waals surface area contributed by atoms with E-state index < -0.39 is 56.6 Å². The number of aliphatic hydroxyl groups excluding tert-OH is 2. The van der Waals surface area contributed by atoms with E-state index in [-0.39, 0.29) is 171 Å². The van der Waals surface area contributed by atoms with Gasteiger partial charge in [0.15, 0.2) is 0 Å². The maximum absolute atomic E-state index is 11.9. The smallest absolute Gasteiger partial charge is 1.00 e. The van der Waals surface area contributed by atoms with Gasteiger partial charge in [0.05, 0.1) is 29.0 Å². The van der Waals surface area contributed by atoms with E-state index in [1.165, 1.54) is 73.0 Å². The van der Waals surface area contributed by atoms with Crippen LogP contribution >= 0.6 is 18.0 Å². The summed E-state index contributed by atoms with van der Waals surface area (Å²) in [7, 11) is 6.86. The Kier molecular flexibility index (Phi) is 79.2. The minimum absolute atomic E-state index is 0. The van der Waals surface area contributed by atoms with Crippen LogP contribution in [0, 0.1) is 72.5 Å². The molecule has 2 saturated carbocycles. The second-order valence-corrected chi connectivity index (χ2v) is 40.1. The molecule has 4 N–H and O–H groups in total. The van der Waals surface area contributed by atoms with Crippen LogP contribution in [0.4, 0.5) is 0 Å². The number of nitrogens with two attached hydrogens (primary N) is 1. The Morgan fingerprint density at radius 3 is 1.11 bits per heavy atom. The maximum atomic E-state index is 11.9. The van der Waals surface area contributed by atoms with E-state index in [9.17, 15) is 75.4 Å². The predicted molar refractivity (Wildman–Crippen MR) is 559 cm³/mol. The number of methoxy groups -OCH3 is 3. The number of nitrogens with zero attached hydrogens (tertiary/aromatic N) is 6. The summed E-state index contributed by atoms with van der Waals surface area (Å²) in [4.78, 5) is 85.2. The Bertz CT molecular complexity index is 4790. The molecule has 9 aromatic rings. The number of nitro groups is 6. The van der Waals surface area contributed by atoms with Crippen LogP contribution in [0.5, 0.6) is 0 Å². The third-order valence-corrected chi connectivity index (χ3v) is 24.9. The van der Waals surface area contributed by atoms with E-state index in [0.717, 1.165) is 68.8 Å². The van der Waals surface area contributed by atoms with Crippen molar-refractivity contribution >= 4 is 54.3 Å². The summed E-state index contributed by atoms with van der Waals surface area (Å²) in [5, 5.41) is 85.1. The molecule has 27 nitrogen and oxygen atoms in total. The quantitative estimate of drug-likeness (QED) is 0.00388. The van der Waals surface area contributed by atoms with E-state index in [2.05, 4.69) is 155 Å². The van der Waals surface area contributed by atoms with E-state index in [1.807, 2.05) is 175 Å². The summed E-state index contributed by atoms with van der Waals surface area (Å²) >= 11 is 3.50. The number of allylic oxidation sites excluding steroid dienone is 5. The van der Waals surface area contributed by atoms with Gasteiger partial charge < -0.3 is 44.1 Å². The number of aryl methyl sites for hydroxylation is 6. The average molecular weight is 2200 g/mol. The first-order chi connectivity index (χ1) is 66.2. The molecular weight excluding hydrogens is 2050 g/mol. The minimum Gasteiger partial charge on any atom is -1.00 e. The van der Waals surface area contributed by atoms with Crippen molar-refractivity contribution in [1.82, 2.24) is 0 Å². The first kappa shape index (κ1) is 136. The molecule has 11 rings (SSSR count). The van der Waals surface area contributed by atoms with Crippen molar-refractivity contribution in [2.75, 3.05) is 32.8 Å². The molecule has 774 valence electrons. The van der Waals surface area contributed by atoms with Crippen molar-refractivity contribution in [2.24, 2.45) is 17.6 Å². The van der Waals surface area contributed by atoms with Gasteiger partial charge in [-0.15, -0.1) is 0 Å². The number of rotatable bonds is 34. The molecule has 9 aromatic carbocycles. The van der Waals surface area contributed by atoms with E-state index in [4.69, 9.17) is 30.1 Å². The summed E-state index contributed by atoms with van der Waals surface area (Å²) in [6.07, 6.45) is 15.8. The number of benzene rings is 9. The van der Waals surface area contributed by atoms with Crippen molar-refractivity contribution in [1.29, 1.82) is 0.594 Å². The molecule has 34 heteroatoms. The number of hydrogen-bond donors (Lipinski definition) is 3. The number of hydrogen-bond acceptors (Lipinski definition) is 21. The molecule has 0 radical (unpaired) electrons. The number of Topliss-reactive ketones (excluding diaryl/α,β-unsaturated/α-hetero) is 1. The van der Waals surface area contributed by atoms with Gasteiger partial charge in [0, 0.05) is 125 Å². The molecule has 0 heterocycles. The average Bonchev–Trinajstić information content (AvgIpc) is 0.774.